The molecule has 1 saturated heterocycles. The third-order valence-corrected chi connectivity index (χ3v) is 6.09. The zero-order valence-corrected chi connectivity index (χ0v) is 20.9. The summed E-state index contributed by atoms with van der Waals surface area (Å²) in [6, 6.07) is 10.1. The van der Waals surface area contributed by atoms with Crippen LogP contribution in [0.4, 0.5) is 37.5 Å². The first-order chi connectivity index (χ1) is 20.0. The Hall–Kier alpha value is -4.88. The molecule has 5 rings (SSSR count). The molecule has 0 spiro atoms. The number of para-hydroxylation sites is 1. The fourth-order valence-electron chi connectivity index (χ4n) is 4.08. The number of carbonyl (C=O) groups is 1. The molecule has 39 heavy (non-hydrogen) atoms. The van der Waals surface area contributed by atoms with E-state index < -0.39 is 25.2 Å². The molecule has 4 aromatic rings. The van der Waals surface area contributed by atoms with Crippen molar-refractivity contribution in [1.29, 1.82) is 0 Å². The summed E-state index contributed by atoms with van der Waals surface area (Å²) < 4.78 is 55.0. The van der Waals surface area contributed by atoms with Crippen LogP contribution in [0.5, 0.6) is 5.75 Å². The lowest BCUT2D eigenvalue weighted by Crippen LogP contribution is -2.50. The van der Waals surface area contributed by atoms with Crippen molar-refractivity contribution in [3.05, 3.63) is 54.6 Å². The first-order valence-corrected chi connectivity index (χ1v) is 11.8. The molecule has 0 radical (unpaired) electrons. The molecule has 1 aliphatic heterocycles. The minimum absolute atomic E-state index is 0.119. The molecular weight excluding hydrogens is 510 g/mol. The Labute approximate surface area is 226 Å². The molecule has 14 heteroatoms. The highest BCUT2D eigenvalue weighted by atomic mass is 19.3. The third-order valence-electron chi connectivity index (χ3n) is 6.09. The van der Waals surface area contributed by atoms with Crippen molar-refractivity contribution in [2.45, 2.75) is 6.43 Å². The summed E-state index contributed by atoms with van der Waals surface area (Å²) in [5.41, 5.74) is 1.53. The van der Waals surface area contributed by atoms with Gasteiger partial charge in [0.2, 0.25) is 6.43 Å². The zero-order valence-electron chi connectivity index (χ0n) is 23.9. The number of alkyl halides is 2. The molecule has 1 aromatic carbocycles. The number of benzene rings is 1. The second kappa shape index (κ2) is 10.8. The van der Waals surface area contributed by atoms with Crippen LogP contribution in [0.2, 0.25) is 0 Å². The number of nitrogens with one attached hydrogen (secondary N) is 3. The van der Waals surface area contributed by atoms with Crippen molar-refractivity contribution in [2.75, 3.05) is 42.7 Å². The van der Waals surface area contributed by atoms with Crippen LogP contribution in [0.1, 0.15) is 14.6 Å². The maximum Gasteiger partial charge on any atom is 0.273 e. The van der Waals surface area contributed by atoms with Gasteiger partial charge >= 0.3 is 0 Å². The molecule has 0 bridgehead atoms. The van der Waals surface area contributed by atoms with Gasteiger partial charge < -0.3 is 25.6 Å². The predicted molar refractivity (Wildman–Crippen MR) is 141 cm³/mol. The van der Waals surface area contributed by atoms with Crippen LogP contribution in [0.3, 0.4) is 0 Å². The first-order valence-electron chi connectivity index (χ1n) is 13.3. The number of hydrogen-bond acceptors (Lipinski definition) is 10. The third kappa shape index (κ3) is 5.39. The van der Waals surface area contributed by atoms with Crippen LogP contribution in [0, 0.1) is 5.92 Å². The number of hydrogen-bond donors (Lipinski definition) is 3. The molecule has 3 N–H and O–H groups in total. The summed E-state index contributed by atoms with van der Waals surface area (Å²) in [5.74, 6) is -0.279. The molecule has 4 heterocycles. The van der Waals surface area contributed by atoms with Crippen molar-refractivity contribution < 1.29 is 22.4 Å². The van der Waals surface area contributed by atoms with Gasteiger partial charge in [-0.2, -0.15) is 5.10 Å². The van der Waals surface area contributed by atoms with E-state index in [0.29, 0.717) is 34.3 Å². The average molecular weight is 540 g/mol. The lowest BCUT2D eigenvalue weighted by molar-refractivity contribution is 0.0614. The van der Waals surface area contributed by atoms with Crippen LogP contribution >= 0.6 is 0 Å². The van der Waals surface area contributed by atoms with Crippen LogP contribution in [0.25, 0.3) is 11.4 Å². The average Bonchev–Trinajstić information content (AvgIpc) is 3.33. The smallest absolute Gasteiger partial charge is 0.273 e. The van der Waals surface area contributed by atoms with E-state index in [0.717, 1.165) is 0 Å². The Morgan fingerprint density at radius 1 is 1.13 bits per heavy atom. The number of anilines is 5. The van der Waals surface area contributed by atoms with Gasteiger partial charge in [0.05, 0.1) is 41.9 Å². The van der Waals surface area contributed by atoms with Gasteiger partial charge in [-0.05, 0) is 24.3 Å². The highest BCUT2D eigenvalue weighted by Gasteiger charge is 2.34. The molecule has 12 nitrogen and oxygen atoms in total. The van der Waals surface area contributed by atoms with E-state index >= 15 is 0 Å². The normalized spacial score (nSPS) is 14.7. The number of carbonyl (C=O) groups excluding carboxylic acids is 1. The Balaban J connectivity index is 1.43. The first kappa shape index (κ1) is 22.1. The lowest BCUT2D eigenvalue weighted by Gasteiger charge is -2.40. The standard InChI is InChI=1S/C25H26F2N10O2/c1-28-25(38)21-18(31-17-6-4-5-16(22(17)39-3)24-30-13-36(2)35-24)9-20(33-34-21)32-19-8-7-15(10-29-19)37-11-14(12-37)23(26)27/h4-10,13-14,23H,11-12H2,1-3H3,(H,28,38)(H2,29,31,32,33)/i1D3. The zero-order chi connectivity index (χ0) is 30.0. The van der Waals surface area contributed by atoms with Crippen molar-refractivity contribution >= 4 is 34.6 Å². The molecule has 3 aromatic heterocycles. The quantitative estimate of drug-likeness (QED) is 0.291. The van der Waals surface area contributed by atoms with Gasteiger partial charge in [-0.1, -0.05) is 6.07 Å². The van der Waals surface area contributed by atoms with Crippen LogP contribution in [-0.2, 0) is 7.05 Å². The molecule has 1 aliphatic rings. The van der Waals surface area contributed by atoms with E-state index in [1.165, 1.54) is 13.2 Å². The SMILES string of the molecule is [2H]C([2H])([2H])NC(=O)c1nnc(Nc2ccc(N3CC(C(F)F)C3)cn2)cc1Nc1cccc(-c2ncn(C)n2)c1OC. The maximum absolute atomic E-state index is 12.8. The molecule has 0 atom stereocenters. The van der Waals surface area contributed by atoms with E-state index in [1.807, 2.05) is 5.32 Å². The van der Waals surface area contributed by atoms with E-state index in [4.69, 9.17) is 8.85 Å². The minimum Gasteiger partial charge on any atom is -0.494 e. The predicted octanol–water partition coefficient (Wildman–Crippen LogP) is 3.22. The fraction of sp³-hybridized carbons (Fsp3) is 0.280. The van der Waals surface area contributed by atoms with E-state index in [1.54, 1.807) is 59.5 Å². The number of halogens is 2. The summed E-state index contributed by atoms with van der Waals surface area (Å²) in [7, 11) is 3.20. The van der Waals surface area contributed by atoms with Gasteiger partial charge in [-0.15, -0.1) is 10.2 Å². The molecular formula is C25H26F2N10O2. The van der Waals surface area contributed by atoms with Gasteiger partial charge in [-0.3, -0.25) is 9.48 Å². The number of aryl methyl sites for hydroxylation is 1. The van der Waals surface area contributed by atoms with E-state index in [2.05, 4.69) is 35.9 Å². The molecule has 0 unspecified atom stereocenters. The molecule has 1 fully saturated rings. The van der Waals surface area contributed by atoms with Crippen molar-refractivity contribution in [2.24, 2.45) is 13.0 Å². The van der Waals surface area contributed by atoms with Gasteiger partial charge in [0, 0.05) is 37.3 Å². The Kier molecular flexibility index (Phi) is 6.16. The van der Waals surface area contributed by atoms with E-state index in [-0.39, 0.29) is 30.3 Å². The number of amides is 1. The van der Waals surface area contributed by atoms with Gasteiger partial charge in [0.1, 0.15) is 12.1 Å². The molecule has 0 saturated carbocycles. The summed E-state index contributed by atoms with van der Waals surface area (Å²) in [4.78, 5) is 23.2. The Morgan fingerprint density at radius 3 is 2.64 bits per heavy atom. The lowest BCUT2D eigenvalue weighted by atomic mass is 10.0. The van der Waals surface area contributed by atoms with Crippen molar-refractivity contribution in [1.82, 2.24) is 35.3 Å². The summed E-state index contributed by atoms with van der Waals surface area (Å²) >= 11 is 0. The number of rotatable bonds is 9. The van der Waals surface area contributed by atoms with Crippen LogP contribution in [0.15, 0.2) is 48.9 Å². The summed E-state index contributed by atoms with van der Waals surface area (Å²) in [5, 5.41) is 20.3. The number of aromatic nitrogens is 6. The summed E-state index contributed by atoms with van der Waals surface area (Å²) in [6.07, 6.45) is 0.744. The molecule has 0 aliphatic carbocycles. The number of ether oxygens (including phenoxy) is 1. The highest BCUT2D eigenvalue weighted by Crippen LogP contribution is 2.37. The summed E-state index contributed by atoms with van der Waals surface area (Å²) in [6.45, 7) is -2.24. The Bertz CT molecular complexity index is 1580. The van der Waals surface area contributed by atoms with Crippen LogP contribution in [-0.4, -0.2) is 69.5 Å². The van der Waals surface area contributed by atoms with Gasteiger partial charge in [0.15, 0.2) is 23.1 Å². The minimum atomic E-state index is -2.76. The monoisotopic (exact) mass is 539 g/mol. The molecule has 1 amide bonds. The van der Waals surface area contributed by atoms with Gasteiger partial charge in [0.25, 0.3) is 5.91 Å². The number of pyridine rings is 1. The number of nitrogens with zero attached hydrogens (tertiary/aromatic N) is 7. The maximum atomic E-state index is 12.8. The molecule has 202 valence electrons. The van der Waals surface area contributed by atoms with Crippen molar-refractivity contribution in [3.63, 3.8) is 0 Å². The van der Waals surface area contributed by atoms with Crippen LogP contribution < -0.4 is 25.6 Å². The topological polar surface area (TPSA) is 135 Å². The largest absolute Gasteiger partial charge is 0.494 e. The second-order valence-electron chi connectivity index (χ2n) is 8.73. The van der Waals surface area contributed by atoms with E-state index in [9.17, 15) is 13.6 Å². The Morgan fingerprint density at radius 2 is 1.97 bits per heavy atom. The highest BCUT2D eigenvalue weighted by molar-refractivity contribution is 5.99. The van der Waals surface area contributed by atoms with Crippen molar-refractivity contribution in [3.8, 4) is 17.1 Å². The second-order valence-corrected chi connectivity index (χ2v) is 8.73. The fourth-order valence-corrected chi connectivity index (χ4v) is 4.08. The number of methoxy groups -OCH3 is 1. The van der Waals surface area contributed by atoms with Gasteiger partial charge in [-0.25, -0.2) is 18.7 Å².